The molecule has 1 aliphatic rings. The summed E-state index contributed by atoms with van der Waals surface area (Å²) in [6.45, 7) is -2.90. The van der Waals surface area contributed by atoms with E-state index in [1.807, 2.05) is 0 Å². The van der Waals surface area contributed by atoms with Gasteiger partial charge in [0.15, 0.2) is 0 Å². The number of amides is 1. The van der Waals surface area contributed by atoms with Gasteiger partial charge in [0.2, 0.25) is 5.91 Å². The molecule has 0 radical (unpaired) electrons. The van der Waals surface area contributed by atoms with Crippen molar-refractivity contribution < 1.29 is 18.3 Å². The van der Waals surface area contributed by atoms with Gasteiger partial charge < -0.3 is 4.74 Å². The summed E-state index contributed by atoms with van der Waals surface area (Å²) in [6, 6.07) is 6.29. The molecule has 0 bridgehead atoms. The highest BCUT2D eigenvalue weighted by atomic mass is 19.3. The summed E-state index contributed by atoms with van der Waals surface area (Å²) in [5.41, 5.74) is 0.860. The van der Waals surface area contributed by atoms with Crippen molar-refractivity contribution in [3.05, 3.63) is 29.8 Å². The molecule has 0 atom stereocenters. The van der Waals surface area contributed by atoms with Crippen LogP contribution >= 0.6 is 0 Å². The lowest BCUT2D eigenvalue weighted by molar-refractivity contribution is -0.127. The van der Waals surface area contributed by atoms with E-state index in [4.69, 9.17) is 0 Å². The number of carbonyl (C=O) groups excluding carboxylic acids is 1. The second-order valence-corrected chi connectivity index (χ2v) is 3.52. The lowest BCUT2D eigenvalue weighted by Crippen LogP contribution is -2.14. The molecule has 0 aromatic heterocycles. The number of nitrogens with zero attached hydrogens (tertiary/aromatic N) is 2. The Balaban J connectivity index is 2.33. The van der Waals surface area contributed by atoms with Crippen LogP contribution in [0, 0.1) is 0 Å². The normalized spacial score (nSPS) is 15.4. The van der Waals surface area contributed by atoms with Gasteiger partial charge in [0.05, 0.1) is 12.1 Å². The number of rotatable bonds is 3. The fourth-order valence-corrected chi connectivity index (χ4v) is 1.58. The molecule has 0 fully saturated rings. The third-order valence-electron chi connectivity index (χ3n) is 2.36. The SMILES string of the molecule is CN1N=C(c2ccccc2OC(F)F)CC1=O. The minimum atomic E-state index is -2.90. The van der Waals surface area contributed by atoms with Gasteiger partial charge in [-0.15, -0.1) is 0 Å². The molecular formula is C11H10F2N2O2. The summed E-state index contributed by atoms with van der Waals surface area (Å²) in [6.07, 6.45) is 0.0973. The number of carbonyl (C=O) groups is 1. The van der Waals surface area contributed by atoms with E-state index in [1.165, 1.54) is 18.1 Å². The molecule has 1 heterocycles. The Hall–Kier alpha value is -1.98. The smallest absolute Gasteiger partial charge is 0.387 e. The maximum atomic E-state index is 12.2. The van der Waals surface area contributed by atoms with Gasteiger partial charge in [-0.25, -0.2) is 5.01 Å². The van der Waals surface area contributed by atoms with Crippen LogP contribution in [0.25, 0.3) is 0 Å². The van der Waals surface area contributed by atoms with E-state index in [-0.39, 0.29) is 18.1 Å². The van der Waals surface area contributed by atoms with Gasteiger partial charge in [0.1, 0.15) is 5.75 Å². The number of alkyl halides is 2. The summed E-state index contributed by atoms with van der Waals surface area (Å²) in [7, 11) is 1.52. The Kier molecular flexibility index (Phi) is 3.03. The van der Waals surface area contributed by atoms with Crippen molar-refractivity contribution in [2.75, 3.05) is 7.05 Å². The molecule has 1 amide bonds. The van der Waals surface area contributed by atoms with E-state index in [1.54, 1.807) is 18.2 Å². The molecule has 90 valence electrons. The molecule has 4 nitrogen and oxygen atoms in total. The molecular weight excluding hydrogens is 230 g/mol. The predicted molar refractivity (Wildman–Crippen MR) is 57.0 cm³/mol. The van der Waals surface area contributed by atoms with Gasteiger partial charge >= 0.3 is 6.61 Å². The zero-order valence-electron chi connectivity index (χ0n) is 9.06. The van der Waals surface area contributed by atoms with Gasteiger partial charge in [-0.05, 0) is 12.1 Å². The second kappa shape index (κ2) is 4.48. The van der Waals surface area contributed by atoms with Crippen LogP contribution in [0.4, 0.5) is 8.78 Å². The molecule has 0 saturated carbocycles. The average molecular weight is 240 g/mol. The average Bonchev–Trinajstić information content (AvgIpc) is 2.59. The van der Waals surface area contributed by atoms with Crippen LogP contribution in [0.3, 0.4) is 0 Å². The highest BCUT2D eigenvalue weighted by molar-refractivity contribution is 6.14. The van der Waals surface area contributed by atoms with Crippen molar-refractivity contribution >= 4 is 11.6 Å². The molecule has 6 heteroatoms. The zero-order chi connectivity index (χ0) is 12.4. The van der Waals surface area contributed by atoms with Crippen molar-refractivity contribution in [2.24, 2.45) is 5.10 Å². The number of ether oxygens (including phenoxy) is 1. The Morgan fingerprint density at radius 2 is 2.12 bits per heavy atom. The molecule has 0 unspecified atom stereocenters. The number of hydrazone groups is 1. The van der Waals surface area contributed by atoms with Crippen molar-refractivity contribution in [1.82, 2.24) is 5.01 Å². The number of para-hydroxylation sites is 1. The van der Waals surface area contributed by atoms with E-state index in [0.717, 1.165) is 0 Å². The van der Waals surface area contributed by atoms with Crippen LogP contribution in [-0.4, -0.2) is 30.3 Å². The predicted octanol–water partition coefficient (Wildman–Crippen LogP) is 1.85. The first kappa shape index (κ1) is 11.5. The van der Waals surface area contributed by atoms with Crippen LogP contribution in [-0.2, 0) is 4.79 Å². The minimum absolute atomic E-state index is 0.0318. The van der Waals surface area contributed by atoms with E-state index < -0.39 is 6.61 Å². The van der Waals surface area contributed by atoms with Crippen LogP contribution in [0.2, 0.25) is 0 Å². The molecule has 17 heavy (non-hydrogen) atoms. The maximum Gasteiger partial charge on any atom is 0.387 e. The third kappa shape index (κ3) is 2.41. The summed E-state index contributed by atoms with van der Waals surface area (Å²) < 4.78 is 28.8. The van der Waals surface area contributed by atoms with Crippen LogP contribution in [0.1, 0.15) is 12.0 Å². The van der Waals surface area contributed by atoms with Gasteiger partial charge in [-0.1, -0.05) is 12.1 Å². The van der Waals surface area contributed by atoms with Gasteiger partial charge in [0, 0.05) is 12.6 Å². The topological polar surface area (TPSA) is 41.9 Å². The molecule has 0 spiro atoms. The van der Waals surface area contributed by atoms with Crippen LogP contribution < -0.4 is 4.74 Å². The van der Waals surface area contributed by atoms with Crippen molar-refractivity contribution in [1.29, 1.82) is 0 Å². The highest BCUT2D eigenvalue weighted by Crippen LogP contribution is 2.24. The number of hydrogen-bond acceptors (Lipinski definition) is 3. The molecule has 0 saturated heterocycles. The fraction of sp³-hybridized carbons (Fsp3) is 0.273. The van der Waals surface area contributed by atoms with Crippen LogP contribution in [0.5, 0.6) is 5.75 Å². The van der Waals surface area contributed by atoms with Gasteiger partial charge in [-0.2, -0.15) is 13.9 Å². The summed E-state index contributed by atoms with van der Waals surface area (Å²) in [5.74, 6) is -0.142. The lowest BCUT2D eigenvalue weighted by atomic mass is 10.1. The molecule has 0 aliphatic carbocycles. The summed E-state index contributed by atoms with van der Waals surface area (Å²) in [4.78, 5) is 11.3. The Labute approximate surface area is 96.5 Å². The number of halogens is 2. The maximum absolute atomic E-state index is 12.2. The largest absolute Gasteiger partial charge is 0.434 e. The number of hydrogen-bond donors (Lipinski definition) is 0. The molecule has 0 N–H and O–H groups in total. The highest BCUT2D eigenvalue weighted by Gasteiger charge is 2.24. The summed E-state index contributed by atoms with van der Waals surface area (Å²) >= 11 is 0. The van der Waals surface area contributed by atoms with E-state index in [9.17, 15) is 13.6 Å². The minimum Gasteiger partial charge on any atom is -0.434 e. The van der Waals surface area contributed by atoms with E-state index >= 15 is 0 Å². The first-order valence-electron chi connectivity index (χ1n) is 4.96. The van der Waals surface area contributed by atoms with Crippen molar-refractivity contribution in [3.8, 4) is 5.75 Å². The van der Waals surface area contributed by atoms with Crippen molar-refractivity contribution in [3.63, 3.8) is 0 Å². The quantitative estimate of drug-likeness (QED) is 0.809. The van der Waals surface area contributed by atoms with E-state index in [2.05, 4.69) is 9.84 Å². The Bertz CT molecular complexity index is 474. The zero-order valence-corrected chi connectivity index (χ0v) is 9.06. The lowest BCUT2D eigenvalue weighted by Gasteiger charge is -2.09. The number of benzene rings is 1. The van der Waals surface area contributed by atoms with E-state index in [0.29, 0.717) is 11.3 Å². The Morgan fingerprint density at radius 1 is 1.41 bits per heavy atom. The standard InChI is InChI=1S/C11H10F2N2O2/c1-15-10(16)6-8(14-15)7-4-2-3-5-9(7)17-11(12)13/h2-5,11H,6H2,1H3. The third-order valence-corrected chi connectivity index (χ3v) is 2.36. The monoisotopic (exact) mass is 240 g/mol. The molecule has 1 aliphatic heterocycles. The molecule has 1 aromatic rings. The summed E-state index contributed by atoms with van der Waals surface area (Å²) in [5, 5.41) is 5.17. The van der Waals surface area contributed by atoms with Crippen molar-refractivity contribution in [2.45, 2.75) is 13.0 Å². The Morgan fingerprint density at radius 3 is 2.71 bits per heavy atom. The molecule has 1 aromatic carbocycles. The first-order chi connectivity index (χ1) is 8.08. The van der Waals surface area contributed by atoms with Crippen LogP contribution in [0.15, 0.2) is 29.4 Å². The van der Waals surface area contributed by atoms with Gasteiger partial charge in [0.25, 0.3) is 0 Å². The fourth-order valence-electron chi connectivity index (χ4n) is 1.58. The van der Waals surface area contributed by atoms with Gasteiger partial charge in [-0.3, -0.25) is 4.79 Å². The second-order valence-electron chi connectivity index (χ2n) is 3.52. The molecule has 2 rings (SSSR count). The first-order valence-corrected chi connectivity index (χ1v) is 4.96.